The molecule has 1 atom stereocenters. The average Bonchev–Trinajstić information content (AvgIpc) is 2.17. The second-order valence-electron chi connectivity index (χ2n) is 4.06. The molecular formula is C11H18N2O2S. The predicted molar refractivity (Wildman–Crippen MR) is 65.1 cm³/mol. The van der Waals surface area contributed by atoms with E-state index in [1.54, 1.807) is 12.4 Å². The minimum Gasteiger partial charge on any atom is -0.313 e. The largest absolute Gasteiger partial charge is 0.313 e. The molecule has 16 heavy (non-hydrogen) atoms. The van der Waals surface area contributed by atoms with Gasteiger partial charge in [0, 0.05) is 24.7 Å². The van der Waals surface area contributed by atoms with Gasteiger partial charge in [-0.05, 0) is 31.5 Å². The fourth-order valence-corrected chi connectivity index (χ4v) is 2.24. The van der Waals surface area contributed by atoms with E-state index in [4.69, 9.17) is 0 Å². The van der Waals surface area contributed by atoms with Crippen molar-refractivity contribution < 1.29 is 8.42 Å². The number of aromatic nitrogens is 1. The Bertz CT molecular complexity index is 443. The number of nitrogens with one attached hydrogen (secondary N) is 1. The summed E-state index contributed by atoms with van der Waals surface area (Å²) in [5, 5.41) is 3.11. The number of pyridine rings is 1. The summed E-state index contributed by atoms with van der Waals surface area (Å²) in [6, 6.07) is 2.07. The molecule has 1 rings (SSSR count). The van der Waals surface area contributed by atoms with E-state index in [0.29, 0.717) is 6.42 Å². The number of aryl methyl sites for hydroxylation is 1. The van der Waals surface area contributed by atoms with Gasteiger partial charge in [-0.1, -0.05) is 6.07 Å². The van der Waals surface area contributed by atoms with Gasteiger partial charge in [0.1, 0.15) is 9.84 Å². The van der Waals surface area contributed by atoms with E-state index in [0.717, 1.165) is 11.1 Å². The Labute approximate surface area is 97.0 Å². The van der Waals surface area contributed by atoms with Crippen LogP contribution in [0.5, 0.6) is 0 Å². The molecule has 0 saturated heterocycles. The van der Waals surface area contributed by atoms with Crippen LogP contribution in [0.3, 0.4) is 0 Å². The number of nitrogens with zero attached hydrogens (tertiary/aromatic N) is 1. The molecular weight excluding hydrogens is 224 g/mol. The molecule has 90 valence electrons. The van der Waals surface area contributed by atoms with Crippen molar-refractivity contribution in [1.82, 2.24) is 10.3 Å². The minimum absolute atomic E-state index is 0.0436. The molecule has 0 aromatic carbocycles. The zero-order valence-electron chi connectivity index (χ0n) is 9.90. The van der Waals surface area contributed by atoms with Crippen LogP contribution in [-0.2, 0) is 9.84 Å². The molecule has 0 aliphatic carbocycles. The Morgan fingerprint density at radius 2 is 2.12 bits per heavy atom. The lowest BCUT2D eigenvalue weighted by Gasteiger charge is -2.16. The third-order valence-electron chi connectivity index (χ3n) is 2.42. The van der Waals surface area contributed by atoms with Gasteiger partial charge in [0.25, 0.3) is 0 Å². The monoisotopic (exact) mass is 242 g/mol. The quantitative estimate of drug-likeness (QED) is 0.839. The summed E-state index contributed by atoms with van der Waals surface area (Å²) in [5.41, 5.74) is 2.11. The Kier molecular flexibility index (Phi) is 4.44. The SMILES string of the molecule is CNC(CCS(C)(=O)=O)c1cncc(C)c1. The van der Waals surface area contributed by atoms with Crippen molar-refractivity contribution in [2.45, 2.75) is 19.4 Å². The summed E-state index contributed by atoms with van der Waals surface area (Å²) in [6.07, 6.45) is 5.39. The molecule has 0 spiro atoms. The lowest BCUT2D eigenvalue weighted by molar-refractivity contribution is 0.557. The van der Waals surface area contributed by atoms with E-state index >= 15 is 0 Å². The topological polar surface area (TPSA) is 59.1 Å². The Morgan fingerprint density at radius 3 is 2.62 bits per heavy atom. The lowest BCUT2D eigenvalue weighted by atomic mass is 10.1. The number of rotatable bonds is 5. The standard InChI is InChI=1S/C11H18N2O2S/c1-9-6-10(8-13-7-9)11(12-2)4-5-16(3,14)15/h6-8,11-12H,4-5H2,1-3H3. The van der Waals surface area contributed by atoms with E-state index in [1.807, 2.05) is 20.0 Å². The molecule has 0 aliphatic rings. The summed E-state index contributed by atoms with van der Waals surface area (Å²) in [4.78, 5) is 4.11. The highest BCUT2D eigenvalue weighted by Gasteiger charge is 2.12. The fourth-order valence-electron chi connectivity index (χ4n) is 1.58. The second kappa shape index (κ2) is 5.41. The zero-order chi connectivity index (χ0) is 12.2. The van der Waals surface area contributed by atoms with Crippen LogP contribution in [0.2, 0.25) is 0 Å². The van der Waals surface area contributed by atoms with Crippen LogP contribution in [0, 0.1) is 6.92 Å². The highest BCUT2D eigenvalue weighted by Crippen LogP contribution is 2.16. The molecule has 0 fully saturated rings. The minimum atomic E-state index is -2.91. The summed E-state index contributed by atoms with van der Waals surface area (Å²) >= 11 is 0. The van der Waals surface area contributed by atoms with Gasteiger partial charge >= 0.3 is 0 Å². The molecule has 1 heterocycles. The van der Waals surface area contributed by atoms with Crippen molar-refractivity contribution in [3.8, 4) is 0 Å². The van der Waals surface area contributed by atoms with Crippen molar-refractivity contribution >= 4 is 9.84 Å². The van der Waals surface area contributed by atoms with Crippen molar-refractivity contribution in [2.24, 2.45) is 0 Å². The lowest BCUT2D eigenvalue weighted by Crippen LogP contribution is -2.20. The second-order valence-corrected chi connectivity index (χ2v) is 6.32. The highest BCUT2D eigenvalue weighted by atomic mass is 32.2. The van der Waals surface area contributed by atoms with E-state index in [1.165, 1.54) is 6.26 Å². The molecule has 4 nitrogen and oxygen atoms in total. The number of hydrogen-bond donors (Lipinski definition) is 1. The first kappa shape index (κ1) is 13.1. The third-order valence-corrected chi connectivity index (χ3v) is 3.40. The van der Waals surface area contributed by atoms with Crippen molar-refractivity contribution in [3.05, 3.63) is 29.6 Å². The average molecular weight is 242 g/mol. The van der Waals surface area contributed by atoms with Gasteiger partial charge in [-0.2, -0.15) is 0 Å². The van der Waals surface area contributed by atoms with Crippen LogP contribution in [0.1, 0.15) is 23.6 Å². The normalized spacial score (nSPS) is 13.7. The molecule has 1 aromatic heterocycles. The van der Waals surface area contributed by atoms with Crippen LogP contribution in [0.4, 0.5) is 0 Å². The van der Waals surface area contributed by atoms with Gasteiger partial charge in [0.15, 0.2) is 0 Å². The van der Waals surface area contributed by atoms with Gasteiger partial charge in [-0.3, -0.25) is 4.98 Å². The van der Waals surface area contributed by atoms with Crippen LogP contribution in [0.25, 0.3) is 0 Å². The fraction of sp³-hybridized carbons (Fsp3) is 0.545. The maximum absolute atomic E-state index is 11.1. The van der Waals surface area contributed by atoms with Crippen LogP contribution in [0.15, 0.2) is 18.5 Å². The Morgan fingerprint density at radius 1 is 1.44 bits per heavy atom. The van der Waals surface area contributed by atoms with E-state index in [-0.39, 0.29) is 11.8 Å². The van der Waals surface area contributed by atoms with E-state index < -0.39 is 9.84 Å². The van der Waals surface area contributed by atoms with E-state index in [9.17, 15) is 8.42 Å². The zero-order valence-corrected chi connectivity index (χ0v) is 10.7. The molecule has 1 unspecified atom stereocenters. The summed E-state index contributed by atoms with van der Waals surface area (Å²) in [5.74, 6) is 0.187. The first-order chi connectivity index (χ1) is 7.42. The molecule has 1 N–H and O–H groups in total. The van der Waals surface area contributed by atoms with Gasteiger partial charge < -0.3 is 5.32 Å². The third kappa shape index (κ3) is 4.28. The molecule has 0 radical (unpaired) electrons. The summed E-state index contributed by atoms with van der Waals surface area (Å²) in [7, 11) is -1.08. The Balaban J connectivity index is 2.75. The molecule has 0 bridgehead atoms. The van der Waals surface area contributed by atoms with Crippen molar-refractivity contribution in [3.63, 3.8) is 0 Å². The van der Waals surface area contributed by atoms with Gasteiger partial charge in [0.05, 0.1) is 5.75 Å². The summed E-state index contributed by atoms with van der Waals surface area (Å²) < 4.78 is 22.2. The maximum atomic E-state index is 11.1. The smallest absolute Gasteiger partial charge is 0.147 e. The van der Waals surface area contributed by atoms with Crippen molar-refractivity contribution in [1.29, 1.82) is 0 Å². The summed E-state index contributed by atoms with van der Waals surface area (Å²) in [6.45, 7) is 1.97. The van der Waals surface area contributed by atoms with Crippen LogP contribution in [-0.4, -0.2) is 32.5 Å². The molecule has 0 aliphatic heterocycles. The van der Waals surface area contributed by atoms with Gasteiger partial charge in [-0.15, -0.1) is 0 Å². The number of hydrogen-bond acceptors (Lipinski definition) is 4. The molecule has 0 amide bonds. The molecule has 1 aromatic rings. The predicted octanol–water partition coefficient (Wildman–Crippen LogP) is 1.09. The first-order valence-corrected chi connectivity index (χ1v) is 7.25. The number of sulfone groups is 1. The van der Waals surface area contributed by atoms with E-state index in [2.05, 4.69) is 10.3 Å². The van der Waals surface area contributed by atoms with Crippen LogP contribution >= 0.6 is 0 Å². The molecule has 0 saturated carbocycles. The van der Waals surface area contributed by atoms with Gasteiger partial charge in [-0.25, -0.2) is 8.42 Å². The van der Waals surface area contributed by atoms with Crippen LogP contribution < -0.4 is 5.32 Å². The first-order valence-electron chi connectivity index (χ1n) is 5.19. The highest BCUT2D eigenvalue weighted by molar-refractivity contribution is 7.90. The Hall–Kier alpha value is -0.940. The van der Waals surface area contributed by atoms with Crippen molar-refractivity contribution in [2.75, 3.05) is 19.1 Å². The van der Waals surface area contributed by atoms with Gasteiger partial charge in [0.2, 0.25) is 0 Å². The maximum Gasteiger partial charge on any atom is 0.147 e. The molecule has 5 heteroatoms.